The highest BCUT2D eigenvalue weighted by Crippen LogP contribution is 2.23. The second-order valence-corrected chi connectivity index (χ2v) is 5.03. The van der Waals surface area contributed by atoms with Crippen LogP contribution in [0.5, 0.6) is 0 Å². The molecular formula is C15H14ClF2N. The Kier molecular flexibility index (Phi) is 4.17. The molecule has 0 amide bonds. The third-order valence-corrected chi connectivity index (χ3v) is 3.24. The van der Waals surface area contributed by atoms with Gasteiger partial charge in [0.1, 0.15) is 11.6 Å². The first-order valence-corrected chi connectivity index (χ1v) is 6.30. The van der Waals surface area contributed by atoms with Gasteiger partial charge in [-0.2, -0.15) is 0 Å². The molecule has 2 rings (SSSR count). The number of benzene rings is 2. The molecule has 2 N–H and O–H groups in total. The Balaban J connectivity index is 2.22. The third kappa shape index (κ3) is 3.52. The molecule has 0 aliphatic carbocycles. The molecule has 0 aliphatic rings. The van der Waals surface area contributed by atoms with Crippen LogP contribution in [0.15, 0.2) is 36.4 Å². The number of hydrogen-bond donors (Lipinski definition) is 1. The van der Waals surface area contributed by atoms with Gasteiger partial charge in [0.25, 0.3) is 0 Å². The maximum atomic E-state index is 13.1. The highest BCUT2D eigenvalue weighted by atomic mass is 35.5. The molecule has 2 aromatic carbocycles. The predicted octanol–water partition coefficient (Wildman–Crippen LogP) is 4.17. The number of rotatable bonds is 3. The molecule has 19 heavy (non-hydrogen) atoms. The molecule has 0 bridgehead atoms. The second kappa shape index (κ2) is 5.68. The monoisotopic (exact) mass is 281 g/mol. The van der Waals surface area contributed by atoms with Crippen molar-refractivity contribution in [2.45, 2.75) is 19.4 Å². The van der Waals surface area contributed by atoms with Gasteiger partial charge in [0.2, 0.25) is 0 Å². The SMILES string of the molecule is Cc1cc(Cl)ccc1C(N)Cc1cc(F)cc(F)c1. The van der Waals surface area contributed by atoms with Gasteiger partial charge in [-0.05, 0) is 54.3 Å². The summed E-state index contributed by atoms with van der Waals surface area (Å²) in [4.78, 5) is 0. The zero-order valence-corrected chi connectivity index (χ0v) is 11.2. The third-order valence-electron chi connectivity index (χ3n) is 3.01. The summed E-state index contributed by atoms with van der Waals surface area (Å²) in [5.74, 6) is -1.18. The van der Waals surface area contributed by atoms with Crippen LogP contribution in [0.2, 0.25) is 5.02 Å². The van der Waals surface area contributed by atoms with Gasteiger partial charge in [-0.15, -0.1) is 0 Å². The van der Waals surface area contributed by atoms with E-state index in [2.05, 4.69) is 0 Å². The summed E-state index contributed by atoms with van der Waals surface area (Å²) in [5, 5.41) is 0.644. The predicted molar refractivity (Wildman–Crippen MR) is 73.2 cm³/mol. The van der Waals surface area contributed by atoms with Gasteiger partial charge < -0.3 is 5.73 Å². The molecule has 0 aliphatic heterocycles. The zero-order chi connectivity index (χ0) is 14.0. The zero-order valence-electron chi connectivity index (χ0n) is 10.5. The van der Waals surface area contributed by atoms with Crippen molar-refractivity contribution in [3.8, 4) is 0 Å². The molecule has 0 aromatic heterocycles. The van der Waals surface area contributed by atoms with Crippen molar-refractivity contribution in [3.63, 3.8) is 0 Å². The van der Waals surface area contributed by atoms with Gasteiger partial charge in [0.15, 0.2) is 0 Å². The fourth-order valence-electron chi connectivity index (χ4n) is 2.15. The van der Waals surface area contributed by atoms with E-state index in [4.69, 9.17) is 17.3 Å². The van der Waals surface area contributed by atoms with E-state index < -0.39 is 11.6 Å². The van der Waals surface area contributed by atoms with Crippen LogP contribution in [0.25, 0.3) is 0 Å². The Hall–Kier alpha value is -1.45. The van der Waals surface area contributed by atoms with Crippen molar-refractivity contribution in [2.24, 2.45) is 5.73 Å². The van der Waals surface area contributed by atoms with Crippen LogP contribution >= 0.6 is 11.6 Å². The first-order valence-electron chi connectivity index (χ1n) is 5.92. The Morgan fingerprint density at radius 2 is 1.74 bits per heavy atom. The molecule has 2 aromatic rings. The molecule has 1 unspecified atom stereocenters. The topological polar surface area (TPSA) is 26.0 Å². The lowest BCUT2D eigenvalue weighted by molar-refractivity contribution is 0.576. The van der Waals surface area contributed by atoms with Crippen molar-refractivity contribution in [1.29, 1.82) is 0 Å². The van der Waals surface area contributed by atoms with Crippen LogP contribution in [0.4, 0.5) is 8.78 Å². The summed E-state index contributed by atoms with van der Waals surface area (Å²) in [7, 11) is 0. The fourth-order valence-corrected chi connectivity index (χ4v) is 2.37. The van der Waals surface area contributed by atoms with Crippen LogP contribution in [-0.4, -0.2) is 0 Å². The number of aryl methyl sites for hydroxylation is 1. The number of hydrogen-bond acceptors (Lipinski definition) is 1. The summed E-state index contributed by atoms with van der Waals surface area (Å²) in [6.07, 6.45) is 0.372. The molecule has 0 saturated carbocycles. The van der Waals surface area contributed by atoms with E-state index in [9.17, 15) is 8.78 Å². The van der Waals surface area contributed by atoms with Crippen molar-refractivity contribution >= 4 is 11.6 Å². The van der Waals surface area contributed by atoms with Crippen molar-refractivity contribution in [2.75, 3.05) is 0 Å². The lowest BCUT2D eigenvalue weighted by atomic mass is 9.96. The van der Waals surface area contributed by atoms with E-state index >= 15 is 0 Å². The van der Waals surface area contributed by atoms with Crippen LogP contribution in [-0.2, 0) is 6.42 Å². The van der Waals surface area contributed by atoms with Crippen LogP contribution in [0.1, 0.15) is 22.7 Å². The minimum atomic E-state index is -0.588. The standard InChI is InChI=1S/C15H14ClF2N/c1-9-4-11(16)2-3-14(9)15(19)7-10-5-12(17)8-13(18)6-10/h2-6,8,15H,7,19H2,1H3. The summed E-state index contributed by atoms with van der Waals surface area (Å²) < 4.78 is 26.2. The molecule has 1 atom stereocenters. The quantitative estimate of drug-likeness (QED) is 0.898. The van der Waals surface area contributed by atoms with E-state index in [1.165, 1.54) is 12.1 Å². The van der Waals surface area contributed by atoms with E-state index in [1.807, 2.05) is 19.1 Å². The summed E-state index contributed by atoms with van der Waals surface area (Å²) >= 11 is 5.88. The van der Waals surface area contributed by atoms with E-state index in [-0.39, 0.29) is 6.04 Å². The van der Waals surface area contributed by atoms with E-state index in [0.717, 1.165) is 17.2 Å². The average Bonchev–Trinajstić information content (AvgIpc) is 2.26. The van der Waals surface area contributed by atoms with Crippen molar-refractivity contribution in [1.82, 2.24) is 0 Å². The second-order valence-electron chi connectivity index (χ2n) is 4.59. The van der Waals surface area contributed by atoms with Crippen LogP contribution in [0.3, 0.4) is 0 Å². The summed E-state index contributed by atoms with van der Waals surface area (Å²) in [6.45, 7) is 1.91. The first kappa shape index (κ1) is 14.0. The molecule has 0 heterocycles. The lowest BCUT2D eigenvalue weighted by Crippen LogP contribution is -2.15. The Morgan fingerprint density at radius 3 is 2.32 bits per heavy atom. The highest BCUT2D eigenvalue weighted by molar-refractivity contribution is 6.30. The molecule has 0 fully saturated rings. The molecule has 100 valence electrons. The van der Waals surface area contributed by atoms with Crippen molar-refractivity contribution in [3.05, 3.63) is 69.7 Å². The minimum absolute atomic E-state index is 0.321. The van der Waals surface area contributed by atoms with Crippen LogP contribution < -0.4 is 5.73 Å². The van der Waals surface area contributed by atoms with Gasteiger partial charge in [-0.25, -0.2) is 8.78 Å². The maximum absolute atomic E-state index is 13.1. The summed E-state index contributed by atoms with van der Waals surface area (Å²) in [6, 6.07) is 8.56. The molecule has 0 saturated heterocycles. The first-order chi connectivity index (χ1) is 8.95. The van der Waals surface area contributed by atoms with Gasteiger partial charge in [0.05, 0.1) is 0 Å². The molecule has 4 heteroatoms. The number of halogens is 3. The molecule has 1 nitrogen and oxygen atoms in total. The molecule has 0 radical (unpaired) electrons. The minimum Gasteiger partial charge on any atom is -0.324 e. The van der Waals surface area contributed by atoms with Crippen LogP contribution in [0, 0.1) is 18.6 Å². The maximum Gasteiger partial charge on any atom is 0.126 e. The smallest absolute Gasteiger partial charge is 0.126 e. The molecule has 0 spiro atoms. The lowest BCUT2D eigenvalue weighted by Gasteiger charge is -2.15. The van der Waals surface area contributed by atoms with E-state index in [1.54, 1.807) is 6.07 Å². The molecular weight excluding hydrogens is 268 g/mol. The Morgan fingerprint density at radius 1 is 1.11 bits per heavy atom. The van der Waals surface area contributed by atoms with Gasteiger partial charge in [0, 0.05) is 17.1 Å². The largest absolute Gasteiger partial charge is 0.324 e. The normalized spacial score (nSPS) is 12.5. The average molecular weight is 282 g/mol. The highest BCUT2D eigenvalue weighted by Gasteiger charge is 2.11. The van der Waals surface area contributed by atoms with Crippen molar-refractivity contribution < 1.29 is 8.78 Å². The Labute approximate surface area is 116 Å². The van der Waals surface area contributed by atoms with Gasteiger partial charge in [-0.1, -0.05) is 17.7 Å². The Bertz CT molecular complexity index is 578. The van der Waals surface area contributed by atoms with Gasteiger partial charge in [-0.3, -0.25) is 0 Å². The van der Waals surface area contributed by atoms with E-state index in [0.29, 0.717) is 17.0 Å². The van der Waals surface area contributed by atoms with Gasteiger partial charge >= 0.3 is 0 Å². The number of nitrogens with two attached hydrogens (primary N) is 1. The summed E-state index contributed by atoms with van der Waals surface area (Å²) in [5.41, 5.74) is 8.53. The fraction of sp³-hybridized carbons (Fsp3) is 0.200.